The van der Waals surface area contributed by atoms with Gasteiger partial charge in [-0.3, -0.25) is 19.5 Å². The fourth-order valence-electron chi connectivity index (χ4n) is 5.44. The molecule has 0 bridgehead atoms. The van der Waals surface area contributed by atoms with Gasteiger partial charge in [0, 0.05) is 53.9 Å². The molecule has 2 aliphatic heterocycles. The first-order valence-electron chi connectivity index (χ1n) is 11.7. The minimum Gasteiger partial charge on any atom is -0.356 e. The number of nitrogens with one attached hydrogen (secondary N) is 1. The first kappa shape index (κ1) is 20.7. The third-order valence-corrected chi connectivity index (χ3v) is 6.84. The van der Waals surface area contributed by atoms with E-state index < -0.39 is 0 Å². The summed E-state index contributed by atoms with van der Waals surface area (Å²) in [6, 6.07) is 16.4. The van der Waals surface area contributed by atoms with Crippen LogP contribution in [0.15, 0.2) is 72.2 Å². The molecule has 0 aliphatic carbocycles. The Kier molecular flexibility index (Phi) is 4.59. The number of imide groups is 1. The van der Waals surface area contributed by atoms with Crippen LogP contribution in [0.2, 0.25) is 0 Å². The van der Waals surface area contributed by atoms with Gasteiger partial charge < -0.3 is 9.88 Å². The molecule has 0 radical (unpaired) electrons. The molecule has 4 heterocycles. The van der Waals surface area contributed by atoms with E-state index >= 15 is 0 Å². The van der Waals surface area contributed by atoms with Gasteiger partial charge in [0.15, 0.2) is 0 Å². The summed E-state index contributed by atoms with van der Waals surface area (Å²) in [7, 11) is 0. The molecule has 6 nitrogen and oxygen atoms in total. The first-order chi connectivity index (χ1) is 16.4. The molecule has 1 N–H and O–H groups in total. The number of nitrogens with zero attached hydrogens (tertiary/aromatic N) is 3. The molecule has 4 aromatic rings. The SMILES string of the molecule is CC(=O)N1CC2=C(C1=O)C(c1ccc3ncccc3c1)c1cn(CC(C)C)c3cccc(c13)N2. The van der Waals surface area contributed by atoms with Gasteiger partial charge >= 0.3 is 0 Å². The van der Waals surface area contributed by atoms with Crippen molar-refractivity contribution in [3.63, 3.8) is 0 Å². The van der Waals surface area contributed by atoms with Gasteiger partial charge in [-0.05, 0) is 47.4 Å². The number of anilines is 1. The summed E-state index contributed by atoms with van der Waals surface area (Å²) in [5.41, 5.74) is 6.61. The number of carbonyl (C=O) groups is 2. The van der Waals surface area contributed by atoms with Crippen molar-refractivity contribution in [3.05, 3.63) is 83.3 Å². The van der Waals surface area contributed by atoms with E-state index in [4.69, 9.17) is 0 Å². The molecule has 0 saturated heterocycles. The Bertz CT molecular complexity index is 1530. The average Bonchev–Trinajstić information content (AvgIpc) is 3.28. The van der Waals surface area contributed by atoms with Crippen molar-refractivity contribution in [2.24, 2.45) is 5.92 Å². The highest BCUT2D eigenvalue weighted by atomic mass is 16.2. The highest BCUT2D eigenvalue weighted by Crippen LogP contribution is 2.46. The number of pyridine rings is 1. The van der Waals surface area contributed by atoms with Gasteiger partial charge in [0.1, 0.15) is 0 Å². The standard InChI is InChI=1S/C28H26N4O2/c1-16(2)13-31-14-20-25(19-9-10-21-18(12-19)6-5-11-29-21)27-23(15-32(17(3)33)28(27)34)30-22-7-4-8-24(31)26(20)22/h4-12,14,16,25,30H,13,15H2,1-3H3. The molecular formula is C28H26N4O2. The van der Waals surface area contributed by atoms with Crippen LogP contribution in [0.25, 0.3) is 21.8 Å². The second-order valence-corrected chi connectivity index (χ2v) is 9.65. The average molecular weight is 451 g/mol. The van der Waals surface area contributed by atoms with E-state index in [1.807, 2.05) is 24.3 Å². The molecular weight excluding hydrogens is 424 g/mol. The van der Waals surface area contributed by atoms with Crippen LogP contribution < -0.4 is 5.32 Å². The van der Waals surface area contributed by atoms with E-state index in [-0.39, 0.29) is 24.3 Å². The number of benzene rings is 2. The minimum atomic E-state index is -0.288. The van der Waals surface area contributed by atoms with Crippen LogP contribution in [0.4, 0.5) is 5.69 Å². The summed E-state index contributed by atoms with van der Waals surface area (Å²) >= 11 is 0. The molecule has 2 amide bonds. The molecule has 2 aromatic carbocycles. The van der Waals surface area contributed by atoms with Crippen LogP contribution in [-0.2, 0) is 16.1 Å². The Labute approximate surface area is 197 Å². The summed E-state index contributed by atoms with van der Waals surface area (Å²) in [6.07, 6.45) is 3.99. The number of rotatable bonds is 3. The Morgan fingerprint density at radius 1 is 1.18 bits per heavy atom. The number of carbonyl (C=O) groups excluding carboxylic acids is 2. The molecule has 0 fully saturated rings. The second kappa shape index (κ2) is 7.55. The predicted octanol–water partition coefficient (Wildman–Crippen LogP) is 5.05. The van der Waals surface area contributed by atoms with E-state index in [9.17, 15) is 9.59 Å². The van der Waals surface area contributed by atoms with Crippen molar-refractivity contribution in [3.8, 4) is 0 Å². The van der Waals surface area contributed by atoms with Crippen molar-refractivity contribution < 1.29 is 9.59 Å². The highest BCUT2D eigenvalue weighted by Gasteiger charge is 2.41. The molecule has 2 aromatic heterocycles. The van der Waals surface area contributed by atoms with Crippen LogP contribution in [0.1, 0.15) is 37.8 Å². The van der Waals surface area contributed by atoms with E-state index in [1.165, 1.54) is 11.8 Å². The summed E-state index contributed by atoms with van der Waals surface area (Å²) < 4.78 is 2.30. The molecule has 170 valence electrons. The van der Waals surface area contributed by atoms with Gasteiger partial charge in [-0.1, -0.05) is 32.0 Å². The van der Waals surface area contributed by atoms with Crippen molar-refractivity contribution in [2.75, 3.05) is 11.9 Å². The quantitative estimate of drug-likeness (QED) is 0.475. The smallest absolute Gasteiger partial charge is 0.259 e. The van der Waals surface area contributed by atoms with Gasteiger partial charge in [-0.2, -0.15) is 0 Å². The topological polar surface area (TPSA) is 67.2 Å². The summed E-state index contributed by atoms with van der Waals surface area (Å²) in [5, 5.41) is 5.71. The maximum atomic E-state index is 13.6. The van der Waals surface area contributed by atoms with Crippen LogP contribution in [0, 0.1) is 5.92 Å². The molecule has 2 aliphatic rings. The lowest BCUT2D eigenvalue weighted by Gasteiger charge is -2.20. The lowest BCUT2D eigenvalue weighted by molar-refractivity contribution is -0.139. The maximum Gasteiger partial charge on any atom is 0.259 e. The normalized spacial score (nSPS) is 17.5. The molecule has 6 rings (SSSR count). The molecule has 0 saturated carbocycles. The lowest BCUT2D eigenvalue weighted by Crippen LogP contribution is -2.33. The van der Waals surface area contributed by atoms with E-state index in [1.54, 1.807) is 6.20 Å². The zero-order valence-corrected chi connectivity index (χ0v) is 19.5. The van der Waals surface area contributed by atoms with Crippen molar-refractivity contribution >= 4 is 39.3 Å². The monoisotopic (exact) mass is 450 g/mol. The number of aromatic nitrogens is 2. The number of amides is 2. The van der Waals surface area contributed by atoms with Crippen molar-refractivity contribution in [1.82, 2.24) is 14.5 Å². The lowest BCUT2D eigenvalue weighted by atomic mass is 9.84. The Morgan fingerprint density at radius 2 is 2.03 bits per heavy atom. The molecule has 1 atom stereocenters. The zero-order chi connectivity index (χ0) is 23.6. The summed E-state index contributed by atoms with van der Waals surface area (Å²) in [5.74, 6) is -0.270. The number of fused-ring (bicyclic) bond motifs is 1. The van der Waals surface area contributed by atoms with Gasteiger partial charge in [0.05, 0.1) is 23.2 Å². The van der Waals surface area contributed by atoms with E-state index in [0.717, 1.165) is 50.9 Å². The fourth-order valence-corrected chi connectivity index (χ4v) is 5.44. The summed E-state index contributed by atoms with van der Waals surface area (Å²) in [6.45, 7) is 7.01. The first-order valence-corrected chi connectivity index (χ1v) is 11.7. The number of hydrogen-bond acceptors (Lipinski definition) is 4. The highest BCUT2D eigenvalue weighted by molar-refractivity contribution is 6.11. The van der Waals surface area contributed by atoms with Gasteiger partial charge in [0.2, 0.25) is 5.91 Å². The second-order valence-electron chi connectivity index (χ2n) is 9.65. The molecule has 34 heavy (non-hydrogen) atoms. The Morgan fingerprint density at radius 3 is 2.82 bits per heavy atom. The molecule has 0 spiro atoms. The largest absolute Gasteiger partial charge is 0.356 e. The summed E-state index contributed by atoms with van der Waals surface area (Å²) in [4.78, 5) is 31.7. The van der Waals surface area contributed by atoms with Crippen LogP contribution >= 0.6 is 0 Å². The minimum absolute atomic E-state index is 0.219. The van der Waals surface area contributed by atoms with Crippen molar-refractivity contribution in [1.29, 1.82) is 0 Å². The zero-order valence-electron chi connectivity index (χ0n) is 19.5. The Hall–Kier alpha value is -3.93. The maximum absolute atomic E-state index is 13.6. The Balaban J connectivity index is 1.64. The third kappa shape index (κ3) is 3.05. The fraction of sp³-hybridized carbons (Fsp3) is 0.250. The van der Waals surface area contributed by atoms with Crippen LogP contribution in [0.3, 0.4) is 0 Å². The van der Waals surface area contributed by atoms with E-state index in [0.29, 0.717) is 11.5 Å². The van der Waals surface area contributed by atoms with Crippen LogP contribution in [0.5, 0.6) is 0 Å². The van der Waals surface area contributed by atoms with E-state index in [2.05, 4.69) is 59.2 Å². The van der Waals surface area contributed by atoms with Crippen LogP contribution in [-0.4, -0.2) is 32.8 Å². The van der Waals surface area contributed by atoms with Gasteiger partial charge in [-0.15, -0.1) is 0 Å². The van der Waals surface area contributed by atoms with Crippen molar-refractivity contribution in [2.45, 2.75) is 33.2 Å². The van der Waals surface area contributed by atoms with Gasteiger partial charge in [-0.25, -0.2) is 0 Å². The molecule has 1 unspecified atom stereocenters. The number of hydrogen-bond donors (Lipinski definition) is 1. The third-order valence-electron chi connectivity index (χ3n) is 6.84. The predicted molar refractivity (Wildman–Crippen MR) is 133 cm³/mol. The molecule has 6 heteroatoms. The van der Waals surface area contributed by atoms with Gasteiger partial charge in [0.25, 0.3) is 5.91 Å².